The van der Waals surface area contributed by atoms with Gasteiger partial charge in [0.05, 0.1) is 0 Å². The van der Waals surface area contributed by atoms with E-state index < -0.39 is 0 Å². The number of hydrogen-bond donors (Lipinski definition) is 0. The molecule has 15 heavy (non-hydrogen) atoms. The lowest BCUT2D eigenvalue weighted by molar-refractivity contribution is 0.858. The highest BCUT2D eigenvalue weighted by Gasteiger charge is 2.02. The summed E-state index contributed by atoms with van der Waals surface area (Å²) in [5.41, 5.74) is 0. The van der Waals surface area contributed by atoms with Crippen molar-refractivity contribution in [2.75, 3.05) is 0 Å². The SMILES string of the molecule is CC(C)Sc1ccc(-n2ccnc2)nn1. The van der Waals surface area contributed by atoms with Crippen LogP contribution in [-0.2, 0) is 0 Å². The Balaban J connectivity index is 2.17. The van der Waals surface area contributed by atoms with E-state index in [4.69, 9.17) is 0 Å². The Morgan fingerprint density at radius 3 is 2.67 bits per heavy atom. The monoisotopic (exact) mass is 220 g/mol. The van der Waals surface area contributed by atoms with E-state index in [9.17, 15) is 0 Å². The third kappa shape index (κ3) is 2.56. The summed E-state index contributed by atoms with van der Waals surface area (Å²) in [4.78, 5) is 3.96. The van der Waals surface area contributed by atoms with Crippen LogP contribution in [0.25, 0.3) is 5.82 Å². The van der Waals surface area contributed by atoms with Crippen LogP contribution in [0.5, 0.6) is 0 Å². The van der Waals surface area contributed by atoms with E-state index in [1.165, 1.54) is 0 Å². The van der Waals surface area contributed by atoms with E-state index >= 15 is 0 Å². The first kappa shape index (κ1) is 10.2. The highest BCUT2D eigenvalue weighted by molar-refractivity contribution is 7.99. The average molecular weight is 220 g/mol. The lowest BCUT2D eigenvalue weighted by atomic mass is 10.5. The summed E-state index contributed by atoms with van der Waals surface area (Å²) in [5.74, 6) is 0.792. The van der Waals surface area contributed by atoms with Gasteiger partial charge in [0.25, 0.3) is 0 Å². The molecule has 0 N–H and O–H groups in total. The van der Waals surface area contributed by atoms with E-state index in [1.54, 1.807) is 24.3 Å². The van der Waals surface area contributed by atoms with E-state index in [0.717, 1.165) is 10.8 Å². The maximum absolute atomic E-state index is 4.14. The normalized spacial score (nSPS) is 10.9. The van der Waals surface area contributed by atoms with Crippen molar-refractivity contribution in [2.24, 2.45) is 0 Å². The molecule has 0 aliphatic carbocycles. The van der Waals surface area contributed by atoms with Crippen LogP contribution >= 0.6 is 11.8 Å². The number of thioether (sulfide) groups is 1. The van der Waals surface area contributed by atoms with E-state index in [1.807, 2.05) is 22.9 Å². The van der Waals surface area contributed by atoms with Crippen molar-refractivity contribution < 1.29 is 0 Å². The summed E-state index contributed by atoms with van der Waals surface area (Å²) in [5, 5.41) is 9.74. The second-order valence-corrected chi connectivity index (χ2v) is 4.96. The van der Waals surface area contributed by atoms with Crippen LogP contribution in [0.3, 0.4) is 0 Å². The van der Waals surface area contributed by atoms with Crippen LogP contribution < -0.4 is 0 Å². The van der Waals surface area contributed by atoms with Crippen molar-refractivity contribution in [2.45, 2.75) is 24.1 Å². The standard InChI is InChI=1S/C10H12N4S/c1-8(2)15-10-4-3-9(12-13-10)14-6-5-11-7-14/h3-8H,1-2H3. The summed E-state index contributed by atoms with van der Waals surface area (Å²) in [6.07, 6.45) is 5.27. The van der Waals surface area contributed by atoms with Gasteiger partial charge in [0.1, 0.15) is 11.4 Å². The highest BCUT2D eigenvalue weighted by atomic mass is 32.2. The molecular weight excluding hydrogens is 208 g/mol. The molecule has 78 valence electrons. The third-order valence-electron chi connectivity index (χ3n) is 1.75. The second-order valence-electron chi connectivity index (χ2n) is 3.37. The molecule has 0 atom stereocenters. The second kappa shape index (κ2) is 4.44. The van der Waals surface area contributed by atoms with Crippen LogP contribution in [0.1, 0.15) is 13.8 Å². The van der Waals surface area contributed by atoms with Crippen LogP contribution in [0.15, 0.2) is 35.9 Å². The molecule has 0 aromatic carbocycles. The van der Waals surface area contributed by atoms with Crippen LogP contribution in [0.4, 0.5) is 0 Å². The topological polar surface area (TPSA) is 43.6 Å². The smallest absolute Gasteiger partial charge is 0.160 e. The maximum Gasteiger partial charge on any atom is 0.160 e. The first-order valence-electron chi connectivity index (χ1n) is 4.74. The molecular formula is C10H12N4S. The molecule has 0 saturated carbocycles. The molecule has 5 heteroatoms. The largest absolute Gasteiger partial charge is 0.289 e. The summed E-state index contributed by atoms with van der Waals surface area (Å²) in [7, 11) is 0. The summed E-state index contributed by atoms with van der Waals surface area (Å²) < 4.78 is 1.83. The van der Waals surface area contributed by atoms with Gasteiger partial charge in [-0.2, -0.15) is 0 Å². The minimum absolute atomic E-state index is 0.526. The van der Waals surface area contributed by atoms with Gasteiger partial charge >= 0.3 is 0 Å². The van der Waals surface area contributed by atoms with E-state index in [-0.39, 0.29) is 0 Å². The van der Waals surface area contributed by atoms with Crippen molar-refractivity contribution in [1.29, 1.82) is 0 Å². The minimum Gasteiger partial charge on any atom is -0.289 e. The number of imidazole rings is 1. The van der Waals surface area contributed by atoms with Crippen molar-refractivity contribution >= 4 is 11.8 Å². The predicted molar refractivity (Wildman–Crippen MR) is 60.1 cm³/mol. The van der Waals surface area contributed by atoms with Gasteiger partial charge in [0.2, 0.25) is 0 Å². The molecule has 0 unspecified atom stereocenters. The van der Waals surface area contributed by atoms with Gasteiger partial charge in [-0.25, -0.2) is 4.98 Å². The lowest BCUT2D eigenvalue weighted by Gasteiger charge is -2.04. The summed E-state index contributed by atoms with van der Waals surface area (Å²) in [6.45, 7) is 4.27. The summed E-state index contributed by atoms with van der Waals surface area (Å²) >= 11 is 1.71. The average Bonchev–Trinajstić information content (AvgIpc) is 2.71. The quantitative estimate of drug-likeness (QED) is 0.743. The fourth-order valence-electron chi connectivity index (χ4n) is 1.15. The van der Waals surface area contributed by atoms with Gasteiger partial charge in [-0.15, -0.1) is 22.0 Å². The third-order valence-corrected chi connectivity index (χ3v) is 2.68. The number of nitrogens with zero attached hydrogens (tertiary/aromatic N) is 4. The fraction of sp³-hybridized carbons (Fsp3) is 0.300. The van der Waals surface area contributed by atoms with Crippen molar-refractivity contribution in [3.8, 4) is 5.82 Å². The Hall–Kier alpha value is -1.36. The Labute approximate surface area is 92.8 Å². The molecule has 2 rings (SSSR count). The summed E-state index contributed by atoms with van der Waals surface area (Å²) in [6, 6.07) is 3.92. The van der Waals surface area contributed by atoms with Gasteiger partial charge in [-0.3, -0.25) is 4.57 Å². The van der Waals surface area contributed by atoms with E-state index in [0.29, 0.717) is 5.25 Å². The Morgan fingerprint density at radius 2 is 2.13 bits per heavy atom. The minimum atomic E-state index is 0.526. The van der Waals surface area contributed by atoms with Gasteiger partial charge in [-0.05, 0) is 12.1 Å². The molecule has 4 nitrogen and oxygen atoms in total. The Bertz CT molecular complexity index is 407. The van der Waals surface area contributed by atoms with Gasteiger partial charge in [-0.1, -0.05) is 13.8 Å². The fourth-order valence-corrected chi connectivity index (χ4v) is 1.87. The Morgan fingerprint density at radius 1 is 1.27 bits per heavy atom. The van der Waals surface area contributed by atoms with Gasteiger partial charge in [0, 0.05) is 17.6 Å². The molecule has 0 aliphatic heterocycles. The van der Waals surface area contributed by atoms with Crippen molar-refractivity contribution in [1.82, 2.24) is 19.7 Å². The predicted octanol–water partition coefficient (Wildman–Crippen LogP) is 2.16. The molecule has 0 radical (unpaired) electrons. The van der Waals surface area contributed by atoms with Crippen molar-refractivity contribution in [3.05, 3.63) is 30.9 Å². The number of rotatable bonds is 3. The number of aromatic nitrogens is 4. The molecule has 0 bridgehead atoms. The molecule has 0 fully saturated rings. The zero-order chi connectivity index (χ0) is 10.7. The number of hydrogen-bond acceptors (Lipinski definition) is 4. The maximum atomic E-state index is 4.14. The highest BCUT2D eigenvalue weighted by Crippen LogP contribution is 2.19. The lowest BCUT2D eigenvalue weighted by Crippen LogP contribution is -1.98. The van der Waals surface area contributed by atoms with E-state index in [2.05, 4.69) is 29.0 Å². The molecule has 0 spiro atoms. The van der Waals surface area contributed by atoms with Crippen molar-refractivity contribution in [3.63, 3.8) is 0 Å². The van der Waals surface area contributed by atoms with Gasteiger partial charge in [0.15, 0.2) is 5.82 Å². The Kier molecular flexibility index (Phi) is 3.01. The first-order valence-corrected chi connectivity index (χ1v) is 5.62. The zero-order valence-corrected chi connectivity index (χ0v) is 9.48. The zero-order valence-electron chi connectivity index (χ0n) is 8.66. The molecule has 2 heterocycles. The van der Waals surface area contributed by atoms with Crippen LogP contribution in [-0.4, -0.2) is 25.0 Å². The molecule has 0 saturated heterocycles. The van der Waals surface area contributed by atoms with Crippen LogP contribution in [0.2, 0.25) is 0 Å². The first-order chi connectivity index (χ1) is 7.25. The van der Waals surface area contributed by atoms with Gasteiger partial charge < -0.3 is 0 Å². The molecule has 2 aromatic heterocycles. The molecule has 0 amide bonds. The van der Waals surface area contributed by atoms with Crippen LogP contribution in [0, 0.1) is 0 Å². The molecule has 0 aliphatic rings. The molecule has 2 aromatic rings.